The number of imide groups is 1. The normalized spacial score (nSPS) is 14.2. The van der Waals surface area contributed by atoms with Crippen molar-refractivity contribution in [2.75, 3.05) is 25.6 Å². The fraction of sp³-hybridized carbons (Fsp3) is 0.273. The van der Waals surface area contributed by atoms with E-state index in [0.29, 0.717) is 18.6 Å². The van der Waals surface area contributed by atoms with E-state index in [2.05, 4.69) is 5.32 Å². The van der Waals surface area contributed by atoms with Crippen molar-refractivity contribution in [1.82, 2.24) is 4.90 Å². The second-order valence-electron chi connectivity index (χ2n) is 6.81. The number of carbonyl (C=O) groups is 2. The van der Waals surface area contributed by atoms with Gasteiger partial charge in [-0.25, -0.2) is 4.39 Å². The van der Waals surface area contributed by atoms with E-state index in [4.69, 9.17) is 4.74 Å². The second-order valence-corrected chi connectivity index (χ2v) is 6.81. The van der Waals surface area contributed by atoms with Crippen molar-refractivity contribution in [1.29, 1.82) is 0 Å². The quantitative estimate of drug-likeness (QED) is 0.586. The highest BCUT2D eigenvalue weighted by molar-refractivity contribution is 6.36. The van der Waals surface area contributed by atoms with Crippen LogP contribution >= 0.6 is 0 Å². The van der Waals surface area contributed by atoms with E-state index in [1.54, 1.807) is 7.11 Å². The van der Waals surface area contributed by atoms with Crippen molar-refractivity contribution in [2.24, 2.45) is 0 Å². The van der Waals surface area contributed by atoms with E-state index in [-0.39, 0.29) is 29.6 Å². The Morgan fingerprint density at radius 2 is 1.75 bits per heavy atom. The molecule has 0 saturated carbocycles. The zero-order chi connectivity index (χ0) is 20.3. The Bertz CT molecular complexity index is 935. The summed E-state index contributed by atoms with van der Waals surface area (Å²) in [6.07, 6.45) is 0.543. The SMILES string of the molecule is COCCCN1C(=O)C(Nc2ccc(C)cc2C)=C(c2ccc(F)cc2)C1=O. The predicted octanol–water partition coefficient (Wildman–Crippen LogP) is 3.67. The Hall–Kier alpha value is -2.99. The van der Waals surface area contributed by atoms with Gasteiger partial charge in [0.25, 0.3) is 11.8 Å². The molecule has 1 aliphatic rings. The Balaban J connectivity index is 2.01. The molecule has 0 atom stereocenters. The van der Waals surface area contributed by atoms with Gasteiger partial charge in [-0.05, 0) is 49.6 Å². The summed E-state index contributed by atoms with van der Waals surface area (Å²) >= 11 is 0. The molecule has 1 aliphatic heterocycles. The van der Waals surface area contributed by atoms with Crippen molar-refractivity contribution in [3.63, 3.8) is 0 Å². The second kappa shape index (κ2) is 8.35. The fourth-order valence-corrected chi connectivity index (χ4v) is 3.23. The molecule has 1 heterocycles. The van der Waals surface area contributed by atoms with E-state index in [9.17, 15) is 14.0 Å². The fourth-order valence-electron chi connectivity index (χ4n) is 3.23. The Morgan fingerprint density at radius 1 is 1.04 bits per heavy atom. The summed E-state index contributed by atoms with van der Waals surface area (Å²) < 4.78 is 18.4. The van der Waals surface area contributed by atoms with E-state index in [1.807, 2.05) is 32.0 Å². The number of rotatable bonds is 7. The first-order chi connectivity index (χ1) is 13.4. The molecule has 28 heavy (non-hydrogen) atoms. The highest BCUT2D eigenvalue weighted by Crippen LogP contribution is 2.31. The van der Waals surface area contributed by atoms with Crippen molar-refractivity contribution < 1.29 is 18.7 Å². The molecule has 2 amide bonds. The van der Waals surface area contributed by atoms with Crippen LogP contribution in [0.25, 0.3) is 5.57 Å². The van der Waals surface area contributed by atoms with Gasteiger partial charge < -0.3 is 10.1 Å². The Labute approximate surface area is 163 Å². The highest BCUT2D eigenvalue weighted by Gasteiger charge is 2.39. The number of benzene rings is 2. The lowest BCUT2D eigenvalue weighted by Gasteiger charge is -2.15. The molecule has 5 nitrogen and oxygen atoms in total. The van der Waals surface area contributed by atoms with Crippen molar-refractivity contribution >= 4 is 23.1 Å². The summed E-state index contributed by atoms with van der Waals surface area (Å²) in [6, 6.07) is 11.4. The number of methoxy groups -OCH3 is 1. The lowest BCUT2D eigenvalue weighted by Crippen LogP contribution is -2.34. The van der Waals surface area contributed by atoms with Crippen molar-refractivity contribution in [2.45, 2.75) is 20.3 Å². The number of nitrogens with one attached hydrogen (secondary N) is 1. The van der Waals surface area contributed by atoms with Crippen LogP contribution in [0.4, 0.5) is 10.1 Å². The molecule has 0 fully saturated rings. The molecule has 0 spiro atoms. The number of halogens is 1. The zero-order valence-electron chi connectivity index (χ0n) is 16.2. The number of carbonyl (C=O) groups excluding carboxylic acids is 2. The predicted molar refractivity (Wildman–Crippen MR) is 106 cm³/mol. The summed E-state index contributed by atoms with van der Waals surface area (Å²) in [5, 5.41) is 3.14. The van der Waals surface area contributed by atoms with Crippen LogP contribution in [-0.4, -0.2) is 37.0 Å². The third-order valence-electron chi connectivity index (χ3n) is 4.67. The molecule has 0 unspecified atom stereocenters. The number of amides is 2. The average molecular weight is 382 g/mol. The third-order valence-corrected chi connectivity index (χ3v) is 4.67. The summed E-state index contributed by atoms with van der Waals surface area (Å²) in [4.78, 5) is 27.2. The van der Waals surface area contributed by atoms with Gasteiger partial charge in [0, 0.05) is 25.9 Å². The molecule has 0 saturated heterocycles. The maximum absolute atomic E-state index is 13.4. The van der Waals surface area contributed by atoms with Crippen LogP contribution in [0.3, 0.4) is 0 Å². The summed E-state index contributed by atoms with van der Waals surface area (Å²) in [7, 11) is 1.57. The maximum Gasteiger partial charge on any atom is 0.278 e. The monoisotopic (exact) mass is 382 g/mol. The molecule has 0 aromatic heterocycles. The molecule has 6 heteroatoms. The van der Waals surface area contributed by atoms with Gasteiger partial charge in [-0.2, -0.15) is 0 Å². The van der Waals surface area contributed by atoms with E-state index < -0.39 is 5.82 Å². The molecule has 0 bridgehead atoms. The minimum atomic E-state index is -0.401. The van der Waals surface area contributed by atoms with Gasteiger partial charge in [0.05, 0.1) is 5.57 Å². The lowest BCUT2D eigenvalue weighted by atomic mass is 10.0. The molecule has 146 valence electrons. The molecule has 1 N–H and O–H groups in total. The standard InChI is InChI=1S/C22H23FN2O3/c1-14-5-10-18(15(2)13-14)24-20-19(16-6-8-17(23)9-7-16)21(26)25(22(20)27)11-4-12-28-3/h5-10,13,24H,4,11-12H2,1-3H3. The molecule has 0 aliphatic carbocycles. The first-order valence-electron chi connectivity index (χ1n) is 9.12. The Kier molecular flexibility index (Phi) is 5.90. The Morgan fingerprint density at radius 3 is 2.39 bits per heavy atom. The minimum Gasteiger partial charge on any atom is -0.385 e. The van der Waals surface area contributed by atoms with Crippen molar-refractivity contribution in [3.05, 3.63) is 70.7 Å². The molecular weight excluding hydrogens is 359 g/mol. The van der Waals surface area contributed by atoms with Crippen LogP contribution < -0.4 is 5.32 Å². The van der Waals surface area contributed by atoms with E-state index in [1.165, 1.54) is 29.2 Å². The summed E-state index contributed by atoms with van der Waals surface area (Å²) in [6.45, 7) is 4.63. The van der Waals surface area contributed by atoms with Gasteiger partial charge >= 0.3 is 0 Å². The molecular formula is C22H23FN2O3. The largest absolute Gasteiger partial charge is 0.385 e. The first-order valence-corrected chi connectivity index (χ1v) is 9.12. The third kappa shape index (κ3) is 3.97. The number of aryl methyl sites for hydroxylation is 2. The number of hydrogen-bond acceptors (Lipinski definition) is 4. The summed E-state index contributed by atoms with van der Waals surface area (Å²) in [5.41, 5.74) is 3.78. The number of hydrogen-bond donors (Lipinski definition) is 1. The zero-order valence-corrected chi connectivity index (χ0v) is 16.2. The van der Waals surface area contributed by atoms with Crippen LogP contribution in [0.1, 0.15) is 23.1 Å². The number of nitrogens with zero attached hydrogens (tertiary/aromatic N) is 1. The first kappa shape index (κ1) is 19.8. The van der Waals surface area contributed by atoms with Gasteiger partial charge in [-0.15, -0.1) is 0 Å². The minimum absolute atomic E-state index is 0.209. The summed E-state index contributed by atoms with van der Waals surface area (Å²) in [5.74, 6) is -1.18. The van der Waals surface area contributed by atoms with Crippen molar-refractivity contribution in [3.8, 4) is 0 Å². The van der Waals surface area contributed by atoms with Crippen LogP contribution in [-0.2, 0) is 14.3 Å². The number of ether oxygens (including phenoxy) is 1. The van der Waals surface area contributed by atoms with Gasteiger partial charge in [0.15, 0.2) is 0 Å². The molecule has 3 rings (SSSR count). The van der Waals surface area contributed by atoms with Gasteiger partial charge in [0.1, 0.15) is 11.5 Å². The van der Waals surface area contributed by atoms with Crippen LogP contribution in [0, 0.1) is 19.7 Å². The van der Waals surface area contributed by atoms with Gasteiger partial charge in [-0.1, -0.05) is 29.8 Å². The smallest absolute Gasteiger partial charge is 0.278 e. The lowest BCUT2D eigenvalue weighted by molar-refractivity contribution is -0.136. The van der Waals surface area contributed by atoms with Gasteiger partial charge in [-0.3, -0.25) is 14.5 Å². The maximum atomic E-state index is 13.4. The van der Waals surface area contributed by atoms with Crippen LogP contribution in [0.2, 0.25) is 0 Å². The molecule has 2 aromatic rings. The topological polar surface area (TPSA) is 58.6 Å². The van der Waals surface area contributed by atoms with Crippen LogP contribution in [0.5, 0.6) is 0 Å². The number of anilines is 1. The van der Waals surface area contributed by atoms with E-state index in [0.717, 1.165) is 16.8 Å². The molecule has 2 aromatic carbocycles. The van der Waals surface area contributed by atoms with Gasteiger partial charge in [0.2, 0.25) is 0 Å². The average Bonchev–Trinajstić information content (AvgIpc) is 2.89. The highest BCUT2D eigenvalue weighted by atomic mass is 19.1. The van der Waals surface area contributed by atoms with E-state index >= 15 is 0 Å². The molecule has 0 radical (unpaired) electrons. The van der Waals surface area contributed by atoms with Crippen LogP contribution in [0.15, 0.2) is 48.2 Å².